The molecule has 1 fully saturated rings. The van der Waals surface area contributed by atoms with E-state index in [-0.39, 0.29) is 12.3 Å². The summed E-state index contributed by atoms with van der Waals surface area (Å²) in [5.74, 6) is -2.02. The molecule has 1 aliphatic carbocycles. The maximum absolute atomic E-state index is 10.7. The zero-order chi connectivity index (χ0) is 10.2. The second-order valence-electron chi connectivity index (χ2n) is 3.80. The molecular weight excluding hydrogens is 174 g/mol. The van der Waals surface area contributed by atoms with Gasteiger partial charge in [-0.05, 0) is 25.7 Å². The summed E-state index contributed by atoms with van der Waals surface area (Å²) < 4.78 is 0. The summed E-state index contributed by atoms with van der Waals surface area (Å²) in [4.78, 5) is 21.0. The molecule has 0 aromatic carbocycles. The number of carboxylic acid groups (broad SMARTS) is 2. The number of carboxylic acids is 2. The molecule has 1 saturated carbocycles. The van der Waals surface area contributed by atoms with Crippen LogP contribution in [-0.4, -0.2) is 28.2 Å². The Morgan fingerprint density at radius 1 is 1.62 bits per heavy atom. The number of hydrogen-bond acceptors (Lipinski definition) is 3. The Morgan fingerprint density at radius 3 is 2.46 bits per heavy atom. The van der Waals surface area contributed by atoms with E-state index in [0.29, 0.717) is 6.42 Å². The van der Waals surface area contributed by atoms with E-state index in [4.69, 9.17) is 15.9 Å². The lowest BCUT2D eigenvalue weighted by Gasteiger charge is -2.07. The monoisotopic (exact) mass is 187 g/mol. The van der Waals surface area contributed by atoms with Gasteiger partial charge in [-0.25, -0.2) is 0 Å². The van der Waals surface area contributed by atoms with Gasteiger partial charge in [0.05, 0.1) is 5.41 Å². The molecule has 1 rings (SSSR count). The Morgan fingerprint density at radius 2 is 2.15 bits per heavy atom. The zero-order valence-corrected chi connectivity index (χ0v) is 7.36. The first-order valence-corrected chi connectivity index (χ1v) is 4.09. The predicted molar refractivity (Wildman–Crippen MR) is 44.1 cm³/mol. The molecule has 0 aliphatic heterocycles. The Hall–Kier alpha value is -1.10. The number of nitrogens with two attached hydrogens (primary N) is 1. The third kappa shape index (κ3) is 1.80. The molecule has 1 aliphatic rings. The van der Waals surface area contributed by atoms with E-state index >= 15 is 0 Å². The fourth-order valence-corrected chi connectivity index (χ4v) is 1.47. The second kappa shape index (κ2) is 2.99. The van der Waals surface area contributed by atoms with E-state index in [9.17, 15) is 9.59 Å². The van der Waals surface area contributed by atoms with Gasteiger partial charge in [-0.2, -0.15) is 0 Å². The summed E-state index contributed by atoms with van der Waals surface area (Å²) in [5, 5.41) is 17.2. The molecule has 0 spiro atoms. The number of carbonyl (C=O) groups is 2. The van der Waals surface area contributed by atoms with Gasteiger partial charge in [-0.1, -0.05) is 0 Å². The molecule has 0 radical (unpaired) electrons. The number of rotatable bonds is 4. The van der Waals surface area contributed by atoms with Gasteiger partial charge in [-0.15, -0.1) is 0 Å². The van der Waals surface area contributed by atoms with E-state index in [0.717, 1.165) is 0 Å². The van der Waals surface area contributed by atoms with Crippen molar-refractivity contribution in [3.05, 3.63) is 0 Å². The summed E-state index contributed by atoms with van der Waals surface area (Å²) in [7, 11) is 0. The lowest BCUT2D eigenvalue weighted by molar-refractivity contribution is -0.144. The van der Waals surface area contributed by atoms with Crippen molar-refractivity contribution in [2.45, 2.75) is 25.8 Å². The van der Waals surface area contributed by atoms with Crippen molar-refractivity contribution in [3.63, 3.8) is 0 Å². The third-order valence-electron chi connectivity index (χ3n) is 2.76. The highest BCUT2D eigenvalue weighted by Crippen LogP contribution is 2.54. The van der Waals surface area contributed by atoms with Crippen molar-refractivity contribution in [3.8, 4) is 0 Å². The second-order valence-corrected chi connectivity index (χ2v) is 3.80. The Bertz CT molecular complexity index is 253. The van der Waals surface area contributed by atoms with Crippen LogP contribution < -0.4 is 5.73 Å². The fraction of sp³-hybridized carbons (Fsp3) is 0.750. The van der Waals surface area contributed by atoms with Crippen molar-refractivity contribution < 1.29 is 19.8 Å². The molecule has 5 nitrogen and oxygen atoms in total. The van der Waals surface area contributed by atoms with Crippen LogP contribution in [0, 0.1) is 11.3 Å². The first kappa shape index (κ1) is 9.98. The SMILES string of the molecule is C[C@@]1(C(=O)O)C[C@@H]1C[C@H](N)C(=O)O. The summed E-state index contributed by atoms with van der Waals surface area (Å²) >= 11 is 0. The fourth-order valence-electron chi connectivity index (χ4n) is 1.47. The standard InChI is InChI=1S/C8H13NO4/c1-8(7(12)13)3-4(8)2-5(9)6(10)11/h4-5H,2-3,9H2,1H3,(H,10,11)(H,12,13)/t4-,5-,8+/m0/s1. The maximum Gasteiger partial charge on any atom is 0.320 e. The first-order valence-electron chi connectivity index (χ1n) is 4.09. The van der Waals surface area contributed by atoms with Crippen LogP contribution in [0.5, 0.6) is 0 Å². The largest absolute Gasteiger partial charge is 0.481 e. The average molecular weight is 187 g/mol. The van der Waals surface area contributed by atoms with E-state index in [1.54, 1.807) is 6.92 Å². The minimum absolute atomic E-state index is 0.0869. The molecule has 0 aromatic rings. The van der Waals surface area contributed by atoms with Crippen LogP contribution in [0.2, 0.25) is 0 Å². The molecule has 3 atom stereocenters. The van der Waals surface area contributed by atoms with E-state index in [2.05, 4.69) is 0 Å². The minimum Gasteiger partial charge on any atom is -0.481 e. The summed E-state index contributed by atoms with van der Waals surface area (Å²) in [6, 6.07) is -0.939. The number of hydrogen-bond donors (Lipinski definition) is 3. The van der Waals surface area contributed by atoms with Crippen LogP contribution in [-0.2, 0) is 9.59 Å². The van der Waals surface area contributed by atoms with Crippen molar-refractivity contribution in [2.75, 3.05) is 0 Å². The van der Waals surface area contributed by atoms with Gasteiger partial charge in [0, 0.05) is 0 Å². The van der Waals surface area contributed by atoms with Gasteiger partial charge in [0.2, 0.25) is 0 Å². The Balaban J connectivity index is 2.44. The molecule has 0 bridgehead atoms. The minimum atomic E-state index is -1.07. The molecule has 13 heavy (non-hydrogen) atoms. The molecular formula is C8H13NO4. The van der Waals surface area contributed by atoms with Gasteiger partial charge < -0.3 is 15.9 Å². The maximum atomic E-state index is 10.7. The predicted octanol–water partition coefficient (Wildman–Crippen LogP) is -0.101. The van der Waals surface area contributed by atoms with E-state index in [1.807, 2.05) is 0 Å². The highest BCUT2D eigenvalue weighted by Gasteiger charge is 2.56. The Kier molecular flexibility index (Phi) is 2.30. The summed E-state index contributed by atoms with van der Waals surface area (Å²) in [6.07, 6.45) is 0.779. The van der Waals surface area contributed by atoms with Crippen molar-refractivity contribution in [2.24, 2.45) is 17.1 Å². The van der Waals surface area contributed by atoms with Gasteiger partial charge in [0.25, 0.3) is 0 Å². The first-order chi connectivity index (χ1) is 5.88. The summed E-state index contributed by atoms with van der Waals surface area (Å²) in [5.41, 5.74) is 4.54. The van der Waals surface area contributed by atoms with Crippen molar-refractivity contribution >= 4 is 11.9 Å². The van der Waals surface area contributed by atoms with Gasteiger partial charge in [0.1, 0.15) is 6.04 Å². The van der Waals surface area contributed by atoms with Crippen LogP contribution in [0.4, 0.5) is 0 Å². The molecule has 0 amide bonds. The number of aliphatic carboxylic acids is 2. The molecule has 0 unspecified atom stereocenters. The van der Waals surface area contributed by atoms with Crippen LogP contribution in [0.25, 0.3) is 0 Å². The third-order valence-corrected chi connectivity index (χ3v) is 2.76. The molecule has 0 heterocycles. The van der Waals surface area contributed by atoms with Crippen LogP contribution in [0.15, 0.2) is 0 Å². The lowest BCUT2D eigenvalue weighted by Crippen LogP contribution is -2.31. The lowest BCUT2D eigenvalue weighted by atomic mass is 10.0. The Labute approximate surface area is 75.5 Å². The van der Waals surface area contributed by atoms with Crippen LogP contribution in [0.3, 0.4) is 0 Å². The van der Waals surface area contributed by atoms with Crippen LogP contribution >= 0.6 is 0 Å². The van der Waals surface area contributed by atoms with Crippen LogP contribution in [0.1, 0.15) is 19.8 Å². The average Bonchev–Trinajstić information content (AvgIpc) is 2.63. The molecule has 74 valence electrons. The quantitative estimate of drug-likeness (QED) is 0.570. The van der Waals surface area contributed by atoms with Gasteiger partial charge >= 0.3 is 11.9 Å². The van der Waals surface area contributed by atoms with Gasteiger partial charge in [-0.3, -0.25) is 9.59 Å². The highest BCUT2D eigenvalue weighted by atomic mass is 16.4. The van der Waals surface area contributed by atoms with Gasteiger partial charge in [0.15, 0.2) is 0 Å². The highest BCUT2D eigenvalue weighted by molar-refractivity contribution is 5.79. The topological polar surface area (TPSA) is 101 Å². The normalized spacial score (nSPS) is 33.8. The van der Waals surface area contributed by atoms with Crippen molar-refractivity contribution in [1.29, 1.82) is 0 Å². The van der Waals surface area contributed by atoms with E-state index in [1.165, 1.54) is 0 Å². The zero-order valence-electron chi connectivity index (χ0n) is 7.36. The smallest absolute Gasteiger partial charge is 0.320 e. The molecule has 0 saturated heterocycles. The molecule has 5 heteroatoms. The summed E-state index contributed by atoms with van der Waals surface area (Å²) in [6.45, 7) is 1.62. The van der Waals surface area contributed by atoms with E-state index < -0.39 is 23.4 Å². The van der Waals surface area contributed by atoms with Crippen molar-refractivity contribution in [1.82, 2.24) is 0 Å². The molecule has 0 aromatic heterocycles. The molecule has 4 N–H and O–H groups in total.